The predicted molar refractivity (Wildman–Crippen MR) is 103 cm³/mol. The van der Waals surface area contributed by atoms with Gasteiger partial charge in [0, 0.05) is 26.0 Å². The van der Waals surface area contributed by atoms with Gasteiger partial charge >= 0.3 is 0 Å². The molecule has 25 heavy (non-hydrogen) atoms. The minimum absolute atomic E-state index is 0.285. The molecule has 0 aliphatic carbocycles. The number of thiazole rings is 1. The maximum absolute atomic E-state index is 12.3. The fourth-order valence-corrected chi connectivity index (χ4v) is 3.38. The molecule has 0 atom stereocenters. The van der Waals surface area contributed by atoms with E-state index in [1.807, 2.05) is 31.2 Å². The van der Waals surface area contributed by atoms with E-state index in [1.54, 1.807) is 12.1 Å². The van der Waals surface area contributed by atoms with Crippen LogP contribution in [0.2, 0.25) is 0 Å². The number of halogens is 1. The summed E-state index contributed by atoms with van der Waals surface area (Å²) in [6, 6.07) is 14.0. The van der Waals surface area contributed by atoms with Crippen LogP contribution in [0.15, 0.2) is 53.0 Å². The summed E-state index contributed by atoms with van der Waals surface area (Å²) in [5, 5.41) is 3.32. The molecule has 126 valence electrons. The van der Waals surface area contributed by atoms with E-state index in [-0.39, 0.29) is 5.91 Å². The van der Waals surface area contributed by atoms with Gasteiger partial charge in [-0.05, 0) is 43.3 Å². The molecule has 0 unspecified atom stereocenters. The third-order valence-corrected chi connectivity index (χ3v) is 4.98. The number of carbonyl (C=O) groups excluding carboxylic acids is 2. The van der Waals surface area contributed by atoms with Crippen LogP contribution in [0.5, 0.6) is 0 Å². The van der Waals surface area contributed by atoms with E-state index in [4.69, 9.17) is 5.73 Å². The average molecular weight is 416 g/mol. The Morgan fingerprint density at radius 3 is 2.24 bits per heavy atom. The standard InChI is InChI=1S/C18H14BrN3O2S/c1-10-15(11-6-8-14(19)9-7-11)21-18(25-10)22-17(24)13-4-2-12(3-5-13)16(20)23/h2-9H,1H3,(H2,20,23)(H,21,22,24). The second kappa shape index (κ2) is 7.16. The van der Waals surface area contributed by atoms with Crippen LogP contribution in [0.4, 0.5) is 5.13 Å². The molecule has 0 aliphatic heterocycles. The Balaban J connectivity index is 1.79. The van der Waals surface area contributed by atoms with Crippen LogP contribution < -0.4 is 11.1 Å². The van der Waals surface area contributed by atoms with Crippen molar-refractivity contribution >= 4 is 44.2 Å². The topological polar surface area (TPSA) is 85.1 Å². The van der Waals surface area contributed by atoms with Crippen LogP contribution in [0, 0.1) is 6.92 Å². The van der Waals surface area contributed by atoms with E-state index < -0.39 is 5.91 Å². The molecule has 0 bridgehead atoms. The summed E-state index contributed by atoms with van der Waals surface area (Å²) < 4.78 is 0.997. The van der Waals surface area contributed by atoms with Crippen LogP contribution in [0.3, 0.4) is 0 Å². The summed E-state index contributed by atoms with van der Waals surface area (Å²) in [5.74, 6) is -0.811. The molecular weight excluding hydrogens is 402 g/mol. The summed E-state index contributed by atoms with van der Waals surface area (Å²) >= 11 is 4.83. The minimum atomic E-state index is -0.526. The third kappa shape index (κ3) is 3.94. The molecule has 0 fully saturated rings. The van der Waals surface area contributed by atoms with Crippen molar-refractivity contribution in [3.05, 3.63) is 69.0 Å². The number of aryl methyl sites for hydroxylation is 1. The molecule has 0 saturated carbocycles. The van der Waals surface area contributed by atoms with Crippen LogP contribution in [-0.4, -0.2) is 16.8 Å². The van der Waals surface area contributed by atoms with Crippen molar-refractivity contribution < 1.29 is 9.59 Å². The van der Waals surface area contributed by atoms with Crippen LogP contribution in [-0.2, 0) is 0 Å². The van der Waals surface area contributed by atoms with Gasteiger partial charge in [-0.25, -0.2) is 4.98 Å². The van der Waals surface area contributed by atoms with Crippen molar-refractivity contribution in [2.45, 2.75) is 6.92 Å². The maximum atomic E-state index is 12.3. The van der Waals surface area contributed by atoms with E-state index in [2.05, 4.69) is 26.2 Å². The SMILES string of the molecule is Cc1sc(NC(=O)c2ccc(C(N)=O)cc2)nc1-c1ccc(Br)cc1. The fourth-order valence-electron chi connectivity index (χ4n) is 2.28. The first kappa shape index (κ1) is 17.3. The maximum Gasteiger partial charge on any atom is 0.257 e. The van der Waals surface area contributed by atoms with E-state index in [1.165, 1.54) is 23.5 Å². The molecule has 2 aromatic carbocycles. The highest BCUT2D eigenvalue weighted by atomic mass is 79.9. The molecule has 0 radical (unpaired) electrons. The number of benzene rings is 2. The Bertz CT molecular complexity index is 934. The summed E-state index contributed by atoms with van der Waals surface area (Å²) in [4.78, 5) is 28.9. The Morgan fingerprint density at radius 2 is 1.64 bits per heavy atom. The van der Waals surface area contributed by atoms with Gasteiger partial charge in [0.05, 0.1) is 5.69 Å². The van der Waals surface area contributed by atoms with Gasteiger partial charge in [0.1, 0.15) is 0 Å². The van der Waals surface area contributed by atoms with E-state index >= 15 is 0 Å². The highest BCUT2D eigenvalue weighted by molar-refractivity contribution is 9.10. The first-order chi connectivity index (χ1) is 11.9. The van der Waals surface area contributed by atoms with Crippen molar-refractivity contribution in [2.24, 2.45) is 5.73 Å². The molecule has 3 aromatic rings. The van der Waals surface area contributed by atoms with Crippen molar-refractivity contribution in [1.82, 2.24) is 4.98 Å². The number of carbonyl (C=O) groups is 2. The van der Waals surface area contributed by atoms with Gasteiger partial charge in [0.2, 0.25) is 5.91 Å². The van der Waals surface area contributed by atoms with Gasteiger partial charge in [0.15, 0.2) is 5.13 Å². The number of hydrogen-bond acceptors (Lipinski definition) is 4. The molecule has 0 saturated heterocycles. The largest absolute Gasteiger partial charge is 0.366 e. The number of primary amides is 1. The van der Waals surface area contributed by atoms with Gasteiger partial charge in [-0.3, -0.25) is 14.9 Å². The molecule has 1 aromatic heterocycles. The van der Waals surface area contributed by atoms with Crippen molar-refractivity contribution in [3.8, 4) is 11.3 Å². The number of amides is 2. The van der Waals surface area contributed by atoms with Crippen molar-refractivity contribution in [1.29, 1.82) is 0 Å². The second-order valence-electron chi connectivity index (χ2n) is 5.33. The Labute approximate surface area is 157 Å². The monoisotopic (exact) mass is 415 g/mol. The van der Waals surface area contributed by atoms with Gasteiger partial charge in [-0.15, -0.1) is 11.3 Å². The van der Waals surface area contributed by atoms with Crippen LogP contribution >= 0.6 is 27.3 Å². The lowest BCUT2D eigenvalue weighted by Gasteiger charge is -2.02. The van der Waals surface area contributed by atoms with E-state index in [9.17, 15) is 9.59 Å². The number of aromatic nitrogens is 1. The number of anilines is 1. The zero-order valence-corrected chi connectivity index (χ0v) is 15.6. The van der Waals surface area contributed by atoms with Crippen LogP contribution in [0.1, 0.15) is 25.6 Å². The molecule has 5 nitrogen and oxygen atoms in total. The number of nitrogens with one attached hydrogen (secondary N) is 1. The number of nitrogens with zero attached hydrogens (tertiary/aromatic N) is 1. The Kier molecular flexibility index (Phi) is 4.96. The highest BCUT2D eigenvalue weighted by Gasteiger charge is 2.13. The van der Waals surface area contributed by atoms with Gasteiger partial charge < -0.3 is 5.73 Å². The van der Waals surface area contributed by atoms with Crippen molar-refractivity contribution in [2.75, 3.05) is 5.32 Å². The minimum Gasteiger partial charge on any atom is -0.366 e. The fraction of sp³-hybridized carbons (Fsp3) is 0.0556. The van der Waals surface area contributed by atoms with Gasteiger partial charge in [-0.1, -0.05) is 28.1 Å². The average Bonchev–Trinajstić information content (AvgIpc) is 2.96. The molecule has 0 spiro atoms. The molecule has 1 heterocycles. The second-order valence-corrected chi connectivity index (χ2v) is 7.45. The Hall–Kier alpha value is -2.51. The smallest absolute Gasteiger partial charge is 0.257 e. The van der Waals surface area contributed by atoms with Gasteiger partial charge in [-0.2, -0.15) is 0 Å². The first-order valence-electron chi connectivity index (χ1n) is 7.38. The Morgan fingerprint density at radius 1 is 1.04 bits per heavy atom. The lowest BCUT2D eigenvalue weighted by Crippen LogP contribution is -2.14. The van der Waals surface area contributed by atoms with Crippen molar-refractivity contribution in [3.63, 3.8) is 0 Å². The molecule has 3 rings (SSSR count). The van der Waals surface area contributed by atoms with Gasteiger partial charge in [0.25, 0.3) is 5.91 Å². The molecule has 7 heteroatoms. The number of hydrogen-bond donors (Lipinski definition) is 2. The van der Waals surface area contributed by atoms with Crippen LogP contribution in [0.25, 0.3) is 11.3 Å². The lowest BCUT2D eigenvalue weighted by atomic mass is 10.1. The highest BCUT2D eigenvalue weighted by Crippen LogP contribution is 2.31. The summed E-state index contributed by atoms with van der Waals surface area (Å²) in [5.41, 5.74) is 7.82. The normalized spacial score (nSPS) is 10.5. The summed E-state index contributed by atoms with van der Waals surface area (Å²) in [6.07, 6.45) is 0. The summed E-state index contributed by atoms with van der Waals surface area (Å²) in [6.45, 7) is 1.96. The number of nitrogens with two attached hydrogens (primary N) is 1. The summed E-state index contributed by atoms with van der Waals surface area (Å²) in [7, 11) is 0. The molecule has 3 N–H and O–H groups in total. The molecule has 2 amide bonds. The third-order valence-electron chi connectivity index (χ3n) is 3.57. The quantitative estimate of drug-likeness (QED) is 0.668. The first-order valence-corrected chi connectivity index (χ1v) is 8.99. The number of rotatable bonds is 4. The molecular formula is C18H14BrN3O2S. The van der Waals surface area contributed by atoms with E-state index in [0.717, 1.165) is 20.6 Å². The zero-order chi connectivity index (χ0) is 18.0. The lowest BCUT2D eigenvalue weighted by molar-refractivity contribution is 0.0995. The predicted octanol–water partition coefficient (Wildman–Crippen LogP) is 4.23. The van der Waals surface area contributed by atoms with E-state index in [0.29, 0.717) is 16.3 Å². The zero-order valence-electron chi connectivity index (χ0n) is 13.2. The molecule has 0 aliphatic rings.